The summed E-state index contributed by atoms with van der Waals surface area (Å²) in [7, 11) is 0. The van der Waals surface area contributed by atoms with Crippen molar-refractivity contribution in [2.75, 3.05) is 0 Å². The molecule has 0 N–H and O–H groups in total. The van der Waals surface area contributed by atoms with Crippen LogP contribution in [0.3, 0.4) is 0 Å². The molecule has 2 nitrogen and oxygen atoms in total. The maximum absolute atomic E-state index is 6.04. The van der Waals surface area contributed by atoms with Crippen LogP contribution in [0.25, 0.3) is 0 Å². The van der Waals surface area contributed by atoms with E-state index in [-0.39, 0.29) is 0 Å². The van der Waals surface area contributed by atoms with Gasteiger partial charge in [-0.25, -0.2) is 0 Å². The molecule has 0 aliphatic heterocycles. The first-order chi connectivity index (χ1) is 8.19. The van der Waals surface area contributed by atoms with Crippen molar-refractivity contribution in [3.05, 3.63) is 52.8 Å². The second-order valence-corrected chi connectivity index (χ2v) is 4.30. The topological polar surface area (TPSA) is 22.1 Å². The summed E-state index contributed by atoms with van der Waals surface area (Å²) in [4.78, 5) is 4.15. The summed E-state index contributed by atoms with van der Waals surface area (Å²) in [5.41, 5.74) is 1.84. The Kier molecular flexibility index (Phi) is 3.87. The lowest BCUT2D eigenvalue weighted by molar-refractivity contribution is 0.480. The van der Waals surface area contributed by atoms with Crippen LogP contribution in [0.4, 0.5) is 0 Å². The van der Waals surface area contributed by atoms with E-state index >= 15 is 0 Å². The smallest absolute Gasteiger partial charge is 0.145 e. The molecule has 0 saturated heterocycles. The molecule has 88 valence electrons. The molecule has 0 amide bonds. The largest absolute Gasteiger partial charge is 0.456 e. The fraction of sp³-hybridized carbons (Fsp3) is 0.154. The van der Waals surface area contributed by atoms with E-state index in [1.54, 1.807) is 12.3 Å². The zero-order valence-electron chi connectivity index (χ0n) is 9.28. The first-order valence-corrected chi connectivity index (χ1v) is 6.05. The summed E-state index contributed by atoms with van der Waals surface area (Å²) < 4.78 is 5.62. The van der Waals surface area contributed by atoms with Crippen molar-refractivity contribution in [1.29, 1.82) is 0 Å². The minimum atomic E-state index is 0.394. The van der Waals surface area contributed by atoms with Crippen LogP contribution in [0.2, 0.25) is 5.02 Å². The minimum Gasteiger partial charge on any atom is -0.456 e. The fourth-order valence-corrected chi connectivity index (χ4v) is 1.89. The Labute approximate surface area is 110 Å². The third-order valence-electron chi connectivity index (χ3n) is 2.29. The second-order valence-electron chi connectivity index (χ2n) is 3.62. The van der Waals surface area contributed by atoms with Crippen LogP contribution in [0.1, 0.15) is 11.3 Å². The number of hydrogen-bond acceptors (Lipinski definition) is 2. The van der Waals surface area contributed by atoms with Crippen molar-refractivity contribution in [3.63, 3.8) is 0 Å². The SMILES string of the molecule is Cc1ccc(Oc2ccc(CCl)c(Cl)c2)cn1. The molecule has 2 aromatic rings. The Hall–Kier alpha value is -1.25. The molecule has 0 fully saturated rings. The number of benzene rings is 1. The van der Waals surface area contributed by atoms with Crippen LogP contribution in [-0.4, -0.2) is 4.98 Å². The molecule has 1 aromatic carbocycles. The van der Waals surface area contributed by atoms with Gasteiger partial charge >= 0.3 is 0 Å². The number of pyridine rings is 1. The number of aryl methyl sites for hydroxylation is 1. The zero-order chi connectivity index (χ0) is 12.3. The number of ether oxygens (including phenoxy) is 1. The molecule has 0 saturated carbocycles. The van der Waals surface area contributed by atoms with E-state index in [2.05, 4.69) is 4.98 Å². The molecule has 0 radical (unpaired) electrons. The Morgan fingerprint density at radius 3 is 2.53 bits per heavy atom. The molecule has 0 aliphatic carbocycles. The number of halogens is 2. The van der Waals surface area contributed by atoms with Gasteiger partial charge in [0, 0.05) is 16.6 Å². The molecule has 0 atom stereocenters. The minimum absolute atomic E-state index is 0.394. The van der Waals surface area contributed by atoms with Gasteiger partial charge in [0.1, 0.15) is 11.5 Å². The van der Waals surface area contributed by atoms with Crippen molar-refractivity contribution < 1.29 is 4.74 Å². The van der Waals surface area contributed by atoms with Crippen LogP contribution in [0.15, 0.2) is 36.5 Å². The summed E-state index contributed by atoms with van der Waals surface area (Å²) >= 11 is 11.8. The predicted molar refractivity (Wildman–Crippen MR) is 70.1 cm³/mol. The average Bonchev–Trinajstić information content (AvgIpc) is 2.32. The lowest BCUT2D eigenvalue weighted by Gasteiger charge is -2.07. The molecule has 0 unspecified atom stereocenters. The third-order valence-corrected chi connectivity index (χ3v) is 2.93. The number of hydrogen-bond donors (Lipinski definition) is 0. The van der Waals surface area contributed by atoms with Crippen molar-refractivity contribution in [2.45, 2.75) is 12.8 Å². The summed E-state index contributed by atoms with van der Waals surface area (Å²) in [5, 5.41) is 0.609. The van der Waals surface area contributed by atoms with Gasteiger partial charge in [0.2, 0.25) is 0 Å². The number of aromatic nitrogens is 1. The monoisotopic (exact) mass is 267 g/mol. The van der Waals surface area contributed by atoms with E-state index in [1.807, 2.05) is 31.2 Å². The van der Waals surface area contributed by atoms with E-state index in [0.29, 0.717) is 22.4 Å². The second kappa shape index (κ2) is 5.39. The van der Waals surface area contributed by atoms with E-state index in [4.69, 9.17) is 27.9 Å². The quantitative estimate of drug-likeness (QED) is 0.760. The highest BCUT2D eigenvalue weighted by Crippen LogP contribution is 2.27. The Bertz CT molecular complexity index is 511. The van der Waals surface area contributed by atoms with Crippen LogP contribution < -0.4 is 4.74 Å². The van der Waals surface area contributed by atoms with Crippen molar-refractivity contribution >= 4 is 23.2 Å². The van der Waals surface area contributed by atoms with Gasteiger partial charge in [-0.1, -0.05) is 17.7 Å². The van der Waals surface area contributed by atoms with Gasteiger partial charge in [0.15, 0.2) is 0 Å². The lowest BCUT2D eigenvalue weighted by atomic mass is 10.2. The molecule has 0 bridgehead atoms. The molecule has 2 rings (SSSR count). The van der Waals surface area contributed by atoms with E-state index in [9.17, 15) is 0 Å². The van der Waals surface area contributed by atoms with Gasteiger partial charge in [0.05, 0.1) is 6.20 Å². The summed E-state index contributed by atoms with van der Waals surface area (Å²) in [6.07, 6.45) is 1.68. The number of nitrogens with zero attached hydrogens (tertiary/aromatic N) is 1. The Morgan fingerprint density at radius 1 is 1.18 bits per heavy atom. The first-order valence-electron chi connectivity index (χ1n) is 5.14. The van der Waals surface area contributed by atoms with E-state index < -0.39 is 0 Å². The number of alkyl halides is 1. The molecule has 1 heterocycles. The van der Waals surface area contributed by atoms with E-state index in [0.717, 1.165) is 11.3 Å². The van der Waals surface area contributed by atoms with Crippen molar-refractivity contribution in [3.8, 4) is 11.5 Å². The summed E-state index contributed by atoms with van der Waals surface area (Å²) in [5.74, 6) is 1.75. The van der Waals surface area contributed by atoms with Gasteiger partial charge in [-0.2, -0.15) is 0 Å². The van der Waals surface area contributed by atoms with Crippen LogP contribution in [0.5, 0.6) is 11.5 Å². The van der Waals surface area contributed by atoms with E-state index in [1.165, 1.54) is 0 Å². The maximum atomic E-state index is 6.04. The molecule has 1 aromatic heterocycles. The average molecular weight is 268 g/mol. The van der Waals surface area contributed by atoms with Gasteiger partial charge < -0.3 is 4.74 Å². The highest BCUT2D eigenvalue weighted by Gasteiger charge is 2.03. The van der Waals surface area contributed by atoms with Crippen LogP contribution in [-0.2, 0) is 5.88 Å². The molecular formula is C13H11Cl2NO. The van der Waals surface area contributed by atoms with Gasteiger partial charge in [-0.3, -0.25) is 4.98 Å². The van der Waals surface area contributed by atoms with Crippen molar-refractivity contribution in [1.82, 2.24) is 4.98 Å². The summed E-state index contributed by atoms with van der Waals surface area (Å²) in [6.45, 7) is 1.93. The Morgan fingerprint density at radius 2 is 1.94 bits per heavy atom. The predicted octanol–water partition coefficient (Wildman–Crippen LogP) is 4.57. The molecule has 4 heteroatoms. The molecule has 0 aliphatic rings. The van der Waals surface area contributed by atoms with Crippen LogP contribution >= 0.6 is 23.2 Å². The standard InChI is InChI=1S/C13H11Cl2NO/c1-9-2-4-12(8-16-9)17-11-5-3-10(7-14)13(15)6-11/h2-6,8H,7H2,1H3. The molecular weight excluding hydrogens is 257 g/mol. The van der Waals surface area contributed by atoms with Gasteiger partial charge in [-0.15, -0.1) is 11.6 Å². The molecule has 0 spiro atoms. The molecule has 17 heavy (non-hydrogen) atoms. The third kappa shape index (κ3) is 3.11. The highest BCUT2D eigenvalue weighted by atomic mass is 35.5. The fourth-order valence-electron chi connectivity index (χ4n) is 1.35. The summed E-state index contributed by atoms with van der Waals surface area (Å²) in [6, 6.07) is 9.20. The highest BCUT2D eigenvalue weighted by molar-refractivity contribution is 6.32. The van der Waals surface area contributed by atoms with Gasteiger partial charge in [0.25, 0.3) is 0 Å². The zero-order valence-corrected chi connectivity index (χ0v) is 10.8. The maximum Gasteiger partial charge on any atom is 0.145 e. The number of rotatable bonds is 3. The lowest BCUT2D eigenvalue weighted by Crippen LogP contribution is -1.88. The Balaban J connectivity index is 2.19. The van der Waals surface area contributed by atoms with Gasteiger partial charge in [-0.05, 0) is 36.8 Å². The van der Waals surface area contributed by atoms with Crippen LogP contribution in [0, 0.1) is 6.92 Å². The normalized spacial score (nSPS) is 10.3. The first kappa shape index (κ1) is 12.2. The van der Waals surface area contributed by atoms with Crippen molar-refractivity contribution in [2.24, 2.45) is 0 Å².